The molecule has 0 saturated carbocycles. The van der Waals surface area contributed by atoms with Crippen molar-refractivity contribution in [3.8, 4) is 0 Å². The van der Waals surface area contributed by atoms with Crippen molar-refractivity contribution in [2.75, 3.05) is 14.1 Å². The zero-order valence-corrected chi connectivity index (χ0v) is 9.61. The van der Waals surface area contributed by atoms with Crippen LogP contribution in [0.25, 0.3) is 0 Å². The molecule has 1 heterocycles. The van der Waals surface area contributed by atoms with E-state index in [1.165, 1.54) is 5.70 Å². The molecule has 0 aromatic rings. The van der Waals surface area contributed by atoms with Gasteiger partial charge >= 0.3 is 0 Å². The minimum Gasteiger partial charge on any atom is -0.381 e. The van der Waals surface area contributed by atoms with Crippen LogP contribution in [0.1, 0.15) is 20.3 Å². The summed E-state index contributed by atoms with van der Waals surface area (Å²) in [7, 11) is 4.13. The smallest absolute Gasteiger partial charge is 0.101 e. The summed E-state index contributed by atoms with van der Waals surface area (Å²) >= 11 is 5.18. The quantitative estimate of drug-likeness (QED) is 0.681. The standard InChI is InChI=1S/C10H18N2S/c1-7(2)9-5-8(12(3)4)6-10(13)11-9/h6-7,9H,5H2,1-4H3,(H,11,13)/t9-/m0/s1. The second kappa shape index (κ2) is 4.09. The highest BCUT2D eigenvalue weighted by Crippen LogP contribution is 2.18. The first-order valence-corrected chi connectivity index (χ1v) is 5.10. The van der Waals surface area contributed by atoms with Crippen molar-refractivity contribution < 1.29 is 0 Å². The predicted octanol–water partition coefficient (Wildman–Crippen LogP) is 1.78. The lowest BCUT2D eigenvalue weighted by molar-refractivity contribution is 0.390. The summed E-state index contributed by atoms with van der Waals surface area (Å²) in [6.45, 7) is 4.44. The maximum Gasteiger partial charge on any atom is 0.101 e. The molecule has 3 heteroatoms. The molecule has 1 aliphatic rings. The number of hydrogen-bond donors (Lipinski definition) is 1. The predicted molar refractivity (Wildman–Crippen MR) is 60.7 cm³/mol. The fourth-order valence-corrected chi connectivity index (χ4v) is 1.71. The van der Waals surface area contributed by atoms with Gasteiger partial charge in [-0.25, -0.2) is 0 Å². The lowest BCUT2D eigenvalue weighted by atomic mass is 9.96. The van der Waals surface area contributed by atoms with E-state index in [9.17, 15) is 0 Å². The first-order valence-electron chi connectivity index (χ1n) is 4.69. The van der Waals surface area contributed by atoms with Gasteiger partial charge in [0.1, 0.15) is 4.99 Å². The highest BCUT2D eigenvalue weighted by atomic mass is 32.1. The third-order valence-electron chi connectivity index (χ3n) is 2.43. The SMILES string of the molecule is CC(C)[C@@H]1CC(N(C)C)=CC(=S)N1. The van der Waals surface area contributed by atoms with Gasteiger partial charge in [0.15, 0.2) is 0 Å². The summed E-state index contributed by atoms with van der Waals surface area (Å²) in [5, 5.41) is 3.33. The summed E-state index contributed by atoms with van der Waals surface area (Å²) in [6, 6.07) is 0.495. The Morgan fingerprint density at radius 1 is 1.54 bits per heavy atom. The molecule has 0 aromatic heterocycles. The number of nitrogens with one attached hydrogen (secondary N) is 1. The first kappa shape index (κ1) is 10.5. The average molecular weight is 198 g/mol. The third kappa shape index (κ3) is 2.69. The van der Waals surface area contributed by atoms with Gasteiger partial charge in [0.2, 0.25) is 0 Å². The number of rotatable bonds is 2. The number of nitrogens with zero attached hydrogens (tertiary/aromatic N) is 1. The van der Waals surface area contributed by atoms with Gasteiger partial charge < -0.3 is 10.2 Å². The summed E-state index contributed by atoms with van der Waals surface area (Å²) in [5.74, 6) is 0.626. The Labute approximate surface area is 86.0 Å². The molecule has 0 unspecified atom stereocenters. The molecule has 0 saturated heterocycles. The van der Waals surface area contributed by atoms with Crippen molar-refractivity contribution >= 4 is 17.2 Å². The zero-order chi connectivity index (χ0) is 10.0. The number of hydrogen-bond acceptors (Lipinski definition) is 2. The van der Waals surface area contributed by atoms with E-state index in [2.05, 4.69) is 38.2 Å². The van der Waals surface area contributed by atoms with Gasteiger partial charge in [0.05, 0.1) is 0 Å². The van der Waals surface area contributed by atoms with Crippen molar-refractivity contribution in [2.45, 2.75) is 26.3 Å². The van der Waals surface area contributed by atoms with Gasteiger partial charge in [-0.05, 0) is 12.0 Å². The van der Waals surface area contributed by atoms with Crippen LogP contribution in [0, 0.1) is 5.92 Å². The maximum absolute atomic E-state index is 5.18. The highest BCUT2D eigenvalue weighted by Gasteiger charge is 2.20. The normalized spacial score (nSPS) is 22.7. The largest absolute Gasteiger partial charge is 0.381 e. The van der Waals surface area contributed by atoms with Crippen molar-refractivity contribution in [2.24, 2.45) is 5.92 Å². The molecule has 13 heavy (non-hydrogen) atoms. The molecule has 0 spiro atoms. The van der Waals surface area contributed by atoms with Crippen molar-refractivity contribution in [1.29, 1.82) is 0 Å². The topological polar surface area (TPSA) is 15.3 Å². The van der Waals surface area contributed by atoms with Crippen molar-refractivity contribution in [3.63, 3.8) is 0 Å². The highest BCUT2D eigenvalue weighted by molar-refractivity contribution is 7.80. The van der Waals surface area contributed by atoms with E-state index < -0.39 is 0 Å². The second-order valence-electron chi connectivity index (χ2n) is 4.09. The monoisotopic (exact) mass is 198 g/mol. The van der Waals surface area contributed by atoms with Crippen LogP contribution in [-0.4, -0.2) is 30.0 Å². The fraction of sp³-hybridized carbons (Fsp3) is 0.700. The average Bonchev–Trinajstić information content (AvgIpc) is 2.03. The van der Waals surface area contributed by atoms with E-state index in [4.69, 9.17) is 12.2 Å². The Balaban J connectivity index is 2.73. The van der Waals surface area contributed by atoms with Gasteiger partial charge in [-0.15, -0.1) is 0 Å². The Bertz CT molecular complexity index is 231. The summed E-state index contributed by atoms with van der Waals surface area (Å²) in [5.41, 5.74) is 1.32. The molecule has 0 radical (unpaired) electrons. The van der Waals surface area contributed by atoms with E-state index in [0.29, 0.717) is 12.0 Å². The van der Waals surface area contributed by atoms with Crippen molar-refractivity contribution in [1.82, 2.24) is 10.2 Å². The van der Waals surface area contributed by atoms with Crippen LogP contribution in [0.2, 0.25) is 0 Å². The zero-order valence-electron chi connectivity index (χ0n) is 8.79. The molecule has 1 aliphatic heterocycles. The molecule has 1 N–H and O–H groups in total. The van der Waals surface area contributed by atoms with Crippen LogP contribution in [0.4, 0.5) is 0 Å². The minimum absolute atomic E-state index is 0.495. The van der Waals surface area contributed by atoms with Crippen LogP contribution in [0.3, 0.4) is 0 Å². The van der Waals surface area contributed by atoms with Gasteiger partial charge in [-0.1, -0.05) is 26.1 Å². The second-order valence-corrected chi connectivity index (χ2v) is 4.53. The van der Waals surface area contributed by atoms with Crippen LogP contribution >= 0.6 is 12.2 Å². The molecular formula is C10H18N2S. The molecule has 1 rings (SSSR count). The third-order valence-corrected chi connectivity index (χ3v) is 2.67. The van der Waals surface area contributed by atoms with Crippen LogP contribution in [-0.2, 0) is 0 Å². The summed E-state index contributed by atoms with van der Waals surface area (Å²) in [6.07, 6.45) is 3.12. The van der Waals surface area contributed by atoms with Crippen LogP contribution in [0.5, 0.6) is 0 Å². The van der Waals surface area contributed by atoms with Gasteiger partial charge in [0.25, 0.3) is 0 Å². The van der Waals surface area contributed by atoms with E-state index in [1.807, 2.05) is 6.08 Å². The molecule has 1 atom stereocenters. The Kier molecular flexibility index (Phi) is 3.31. The Hall–Kier alpha value is -0.570. The Morgan fingerprint density at radius 3 is 2.62 bits per heavy atom. The van der Waals surface area contributed by atoms with E-state index in [-0.39, 0.29) is 0 Å². The van der Waals surface area contributed by atoms with E-state index >= 15 is 0 Å². The summed E-state index contributed by atoms with van der Waals surface area (Å²) in [4.78, 5) is 3.01. The van der Waals surface area contributed by atoms with Gasteiger partial charge in [-0.2, -0.15) is 0 Å². The van der Waals surface area contributed by atoms with Crippen LogP contribution < -0.4 is 5.32 Å². The van der Waals surface area contributed by atoms with Gasteiger partial charge in [0, 0.05) is 32.3 Å². The van der Waals surface area contributed by atoms with E-state index in [0.717, 1.165) is 11.4 Å². The lowest BCUT2D eigenvalue weighted by Crippen LogP contribution is -2.42. The fourth-order valence-electron chi connectivity index (χ4n) is 1.43. The minimum atomic E-state index is 0.495. The molecule has 0 fully saturated rings. The molecule has 74 valence electrons. The number of thiocarbonyl (C=S) groups is 1. The van der Waals surface area contributed by atoms with Crippen LogP contribution in [0.15, 0.2) is 11.8 Å². The van der Waals surface area contributed by atoms with E-state index in [1.54, 1.807) is 0 Å². The molecule has 2 nitrogen and oxygen atoms in total. The molecule has 0 aliphatic carbocycles. The molecule has 0 amide bonds. The van der Waals surface area contributed by atoms with Gasteiger partial charge in [-0.3, -0.25) is 0 Å². The maximum atomic E-state index is 5.18. The summed E-state index contributed by atoms with van der Waals surface area (Å²) < 4.78 is 0. The first-order chi connectivity index (χ1) is 6.00. The van der Waals surface area contributed by atoms with Crippen molar-refractivity contribution in [3.05, 3.63) is 11.8 Å². The lowest BCUT2D eigenvalue weighted by Gasteiger charge is -2.31. The Morgan fingerprint density at radius 2 is 2.15 bits per heavy atom. The molecule has 0 bridgehead atoms. The molecule has 0 aromatic carbocycles. The molecular weight excluding hydrogens is 180 g/mol.